The number of hydrogen-bond acceptors (Lipinski definition) is 4. The van der Waals surface area contributed by atoms with Crippen molar-refractivity contribution in [2.24, 2.45) is 12.8 Å². The van der Waals surface area contributed by atoms with Crippen molar-refractivity contribution in [3.05, 3.63) is 29.3 Å². The van der Waals surface area contributed by atoms with Crippen molar-refractivity contribution in [3.63, 3.8) is 0 Å². The highest BCUT2D eigenvalue weighted by Crippen LogP contribution is 2.16. The second kappa shape index (κ2) is 5.16. The maximum absolute atomic E-state index is 12.2. The maximum atomic E-state index is 12.2. The molecule has 2 aromatic rings. The van der Waals surface area contributed by atoms with Crippen molar-refractivity contribution in [2.75, 3.05) is 5.32 Å². The van der Waals surface area contributed by atoms with Gasteiger partial charge in [-0.2, -0.15) is 10.2 Å². The number of hydrogen-bond donors (Lipinski definition) is 2. The maximum Gasteiger partial charge on any atom is 0.269 e. The number of aryl methyl sites for hydroxylation is 2. The van der Waals surface area contributed by atoms with E-state index in [0.717, 1.165) is 5.69 Å². The Bertz CT molecular complexity index is 670. The third-order valence-corrected chi connectivity index (χ3v) is 3.10. The molecule has 2 heterocycles. The van der Waals surface area contributed by atoms with Gasteiger partial charge in [-0.05, 0) is 13.8 Å². The highest BCUT2D eigenvalue weighted by molar-refractivity contribution is 6.08. The highest BCUT2D eigenvalue weighted by atomic mass is 16.2. The van der Waals surface area contributed by atoms with Crippen LogP contribution in [0.2, 0.25) is 0 Å². The number of aromatic nitrogens is 4. The molecule has 0 atom stereocenters. The summed E-state index contributed by atoms with van der Waals surface area (Å²) in [7, 11) is 1.75. The molecule has 0 saturated heterocycles. The highest BCUT2D eigenvalue weighted by Gasteiger charge is 2.19. The molecule has 2 aromatic heterocycles. The zero-order valence-corrected chi connectivity index (χ0v) is 11.5. The smallest absolute Gasteiger partial charge is 0.269 e. The van der Waals surface area contributed by atoms with Crippen LogP contribution in [0.3, 0.4) is 0 Å². The minimum Gasteiger partial charge on any atom is -0.364 e. The number of primary amides is 1. The summed E-state index contributed by atoms with van der Waals surface area (Å²) in [4.78, 5) is 23.6. The van der Waals surface area contributed by atoms with Gasteiger partial charge in [0, 0.05) is 19.3 Å². The van der Waals surface area contributed by atoms with Crippen LogP contribution in [-0.4, -0.2) is 31.4 Å². The van der Waals surface area contributed by atoms with Gasteiger partial charge >= 0.3 is 0 Å². The van der Waals surface area contributed by atoms with Crippen LogP contribution in [0.4, 0.5) is 5.69 Å². The zero-order chi connectivity index (χ0) is 14.9. The molecule has 0 aliphatic carbocycles. The standard InChI is InChI=1S/C12H16N6O2/c1-4-18-10(11(13)19)9(6-15-18)16-12(20)8-5-14-17(3)7(8)2/h5-6H,4H2,1-3H3,(H2,13,19)(H,16,20). The molecule has 0 aromatic carbocycles. The number of carbonyl (C=O) groups is 2. The van der Waals surface area contributed by atoms with Gasteiger partial charge in [0.1, 0.15) is 5.69 Å². The second-order valence-corrected chi connectivity index (χ2v) is 4.31. The van der Waals surface area contributed by atoms with E-state index in [1.165, 1.54) is 17.1 Å². The monoisotopic (exact) mass is 276 g/mol. The lowest BCUT2D eigenvalue weighted by molar-refractivity contribution is 0.0991. The zero-order valence-electron chi connectivity index (χ0n) is 11.5. The number of nitrogens with zero attached hydrogens (tertiary/aromatic N) is 4. The van der Waals surface area contributed by atoms with E-state index < -0.39 is 5.91 Å². The van der Waals surface area contributed by atoms with E-state index in [2.05, 4.69) is 15.5 Å². The average molecular weight is 276 g/mol. The molecular formula is C12H16N6O2. The van der Waals surface area contributed by atoms with E-state index in [1.807, 2.05) is 6.92 Å². The summed E-state index contributed by atoms with van der Waals surface area (Å²) in [5.74, 6) is -0.990. The molecule has 0 bridgehead atoms. The Morgan fingerprint density at radius 1 is 1.35 bits per heavy atom. The van der Waals surface area contributed by atoms with Gasteiger partial charge in [0.05, 0.1) is 23.6 Å². The van der Waals surface area contributed by atoms with Crippen LogP contribution in [0.5, 0.6) is 0 Å². The molecule has 8 heteroatoms. The van der Waals surface area contributed by atoms with Crippen molar-refractivity contribution in [2.45, 2.75) is 20.4 Å². The normalized spacial score (nSPS) is 10.6. The molecule has 0 aliphatic heterocycles. The van der Waals surface area contributed by atoms with Crippen LogP contribution in [0.25, 0.3) is 0 Å². The van der Waals surface area contributed by atoms with E-state index in [4.69, 9.17) is 5.73 Å². The molecule has 0 fully saturated rings. The van der Waals surface area contributed by atoms with Gasteiger partial charge in [0.15, 0.2) is 0 Å². The lowest BCUT2D eigenvalue weighted by Gasteiger charge is -2.06. The number of amides is 2. The average Bonchev–Trinajstić information content (AvgIpc) is 2.94. The topological polar surface area (TPSA) is 108 Å². The van der Waals surface area contributed by atoms with Gasteiger partial charge in [-0.1, -0.05) is 0 Å². The first-order chi connectivity index (χ1) is 9.45. The second-order valence-electron chi connectivity index (χ2n) is 4.31. The van der Waals surface area contributed by atoms with E-state index in [-0.39, 0.29) is 11.6 Å². The Labute approximate surface area is 115 Å². The quantitative estimate of drug-likeness (QED) is 0.837. The molecule has 0 unspecified atom stereocenters. The molecule has 106 valence electrons. The molecule has 8 nitrogen and oxygen atoms in total. The van der Waals surface area contributed by atoms with Crippen LogP contribution in [0.15, 0.2) is 12.4 Å². The fourth-order valence-corrected chi connectivity index (χ4v) is 1.89. The van der Waals surface area contributed by atoms with Crippen LogP contribution >= 0.6 is 0 Å². The predicted octanol–water partition coefficient (Wildman–Crippen LogP) is 0.296. The van der Waals surface area contributed by atoms with Crippen LogP contribution in [0.1, 0.15) is 33.5 Å². The molecule has 0 radical (unpaired) electrons. The summed E-state index contributed by atoms with van der Waals surface area (Å²) >= 11 is 0. The number of anilines is 1. The molecule has 2 rings (SSSR count). The summed E-state index contributed by atoms with van der Waals surface area (Å²) in [6.45, 7) is 4.10. The first-order valence-electron chi connectivity index (χ1n) is 6.11. The minimum absolute atomic E-state index is 0.183. The van der Waals surface area contributed by atoms with E-state index in [9.17, 15) is 9.59 Å². The fourth-order valence-electron chi connectivity index (χ4n) is 1.89. The molecule has 0 saturated carbocycles. The number of nitrogens with one attached hydrogen (secondary N) is 1. The lowest BCUT2D eigenvalue weighted by atomic mass is 10.2. The Kier molecular flexibility index (Phi) is 3.55. The van der Waals surface area contributed by atoms with Crippen LogP contribution < -0.4 is 11.1 Å². The van der Waals surface area contributed by atoms with Gasteiger partial charge in [0.25, 0.3) is 11.8 Å². The van der Waals surface area contributed by atoms with E-state index in [1.54, 1.807) is 18.7 Å². The Morgan fingerprint density at radius 2 is 2.05 bits per heavy atom. The third-order valence-electron chi connectivity index (χ3n) is 3.10. The van der Waals surface area contributed by atoms with Gasteiger partial charge in [0.2, 0.25) is 0 Å². The Balaban J connectivity index is 2.31. The summed E-state index contributed by atoms with van der Waals surface area (Å²) in [5, 5.41) is 10.7. The van der Waals surface area contributed by atoms with Crippen molar-refractivity contribution in [1.82, 2.24) is 19.6 Å². The number of carbonyl (C=O) groups excluding carboxylic acids is 2. The van der Waals surface area contributed by atoms with Gasteiger partial charge in [-0.3, -0.25) is 19.0 Å². The van der Waals surface area contributed by atoms with Gasteiger partial charge < -0.3 is 11.1 Å². The number of nitrogens with two attached hydrogens (primary N) is 1. The number of rotatable bonds is 4. The van der Waals surface area contributed by atoms with Crippen LogP contribution in [0, 0.1) is 6.92 Å². The summed E-state index contributed by atoms with van der Waals surface area (Å²) in [6.07, 6.45) is 2.88. The largest absolute Gasteiger partial charge is 0.364 e. The molecule has 0 aliphatic rings. The van der Waals surface area contributed by atoms with Crippen molar-refractivity contribution >= 4 is 17.5 Å². The summed E-state index contributed by atoms with van der Waals surface area (Å²) < 4.78 is 3.04. The SMILES string of the molecule is CCn1ncc(NC(=O)c2cnn(C)c2C)c1C(N)=O. The van der Waals surface area contributed by atoms with Crippen molar-refractivity contribution in [1.29, 1.82) is 0 Å². The molecule has 20 heavy (non-hydrogen) atoms. The first kappa shape index (κ1) is 13.8. The van der Waals surface area contributed by atoms with Crippen molar-refractivity contribution < 1.29 is 9.59 Å². The molecular weight excluding hydrogens is 260 g/mol. The van der Waals surface area contributed by atoms with E-state index >= 15 is 0 Å². The molecule has 3 N–H and O–H groups in total. The van der Waals surface area contributed by atoms with Gasteiger partial charge in [-0.25, -0.2) is 0 Å². The van der Waals surface area contributed by atoms with E-state index in [0.29, 0.717) is 17.8 Å². The first-order valence-corrected chi connectivity index (χ1v) is 6.11. The van der Waals surface area contributed by atoms with Gasteiger partial charge in [-0.15, -0.1) is 0 Å². The molecule has 0 spiro atoms. The summed E-state index contributed by atoms with van der Waals surface area (Å²) in [5.41, 5.74) is 6.96. The summed E-state index contributed by atoms with van der Waals surface area (Å²) in [6, 6.07) is 0. The fraction of sp³-hybridized carbons (Fsp3) is 0.333. The molecule has 2 amide bonds. The Hall–Kier alpha value is -2.64. The minimum atomic E-state index is -0.637. The predicted molar refractivity (Wildman–Crippen MR) is 72.3 cm³/mol. The van der Waals surface area contributed by atoms with Crippen LogP contribution in [-0.2, 0) is 13.6 Å². The Morgan fingerprint density at radius 3 is 2.55 bits per heavy atom. The lowest BCUT2D eigenvalue weighted by Crippen LogP contribution is -2.21. The van der Waals surface area contributed by atoms with Crippen molar-refractivity contribution in [3.8, 4) is 0 Å². The third kappa shape index (κ3) is 2.27.